The molecule has 3 aromatic rings. The highest BCUT2D eigenvalue weighted by atomic mass is 15.1. The number of hydrogen-bond donors (Lipinski definition) is 0. The van der Waals surface area contributed by atoms with Gasteiger partial charge in [0.15, 0.2) is 0 Å². The Hall–Kier alpha value is -2.72. The summed E-state index contributed by atoms with van der Waals surface area (Å²) in [5.41, 5.74) is 3.27. The van der Waals surface area contributed by atoms with Crippen LogP contribution in [0.3, 0.4) is 0 Å². The van der Waals surface area contributed by atoms with Crippen LogP contribution in [0.2, 0.25) is 0 Å². The van der Waals surface area contributed by atoms with Crippen molar-refractivity contribution in [1.82, 2.24) is 0 Å². The summed E-state index contributed by atoms with van der Waals surface area (Å²) in [7, 11) is 4.08. The maximum absolute atomic E-state index is 3.32. The third-order valence-corrected chi connectivity index (χ3v) is 3.51. The lowest BCUT2D eigenvalue weighted by Gasteiger charge is -2.13. The second-order valence-corrected chi connectivity index (χ2v) is 5.19. The Morgan fingerprint density at radius 1 is 0.667 bits per heavy atom. The van der Waals surface area contributed by atoms with Crippen LogP contribution in [0.5, 0.6) is 0 Å². The van der Waals surface area contributed by atoms with Gasteiger partial charge in [0.25, 0.3) is 0 Å². The maximum Gasteiger partial charge on any atom is 0.0520 e. The van der Waals surface area contributed by atoms with E-state index in [-0.39, 0.29) is 0 Å². The summed E-state index contributed by atoms with van der Waals surface area (Å²) < 4.78 is 0. The van der Waals surface area contributed by atoms with E-state index in [1.165, 1.54) is 10.8 Å². The van der Waals surface area contributed by atoms with Gasteiger partial charge in [-0.25, -0.2) is 0 Å². The zero-order valence-electron chi connectivity index (χ0n) is 12.3. The van der Waals surface area contributed by atoms with Gasteiger partial charge in [-0.3, -0.25) is 0 Å². The Labute approximate surface area is 125 Å². The Morgan fingerprint density at radius 2 is 1.29 bits per heavy atom. The summed E-state index contributed by atoms with van der Waals surface area (Å²) in [6, 6.07) is 22.8. The molecule has 0 aliphatic heterocycles. The molecule has 0 radical (unpaired) electrons. The van der Waals surface area contributed by atoms with Crippen molar-refractivity contribution in [3.8, 4) is 11.8 Å². The molecule has 0 bridgehead atoms. The first-order chi connectivity index (χ1) is 10.3. The second-order valence-electron chi connectivity index (χ2n) is 5.19. The van der Waals surface area contributed by atoms with Gasteiger partial charge >= 0.3 is 0 Å². The highest BCUT2D eigenvalue weighted by Gasteiger charge is 2.01. The van der Waals surface area contributed by atoms with E-state index in [0.29, 0.717) is 0 Å². The number of para-hydroxylation sites is 1. The third kappa shape index (κ3) is 2.75. The quantitative estimate of drug-likeness (QED) is 0.596. The van der Waals surface area contributed by atoms with Crippen LogP contribution in [-0.4, -0.2) is 14.1 Å². The van der Waals surface area contributed by atoms with E-state index in [4.69, 9.17) is 0 Å². The van der Waals surface area contributed by atoms with E-state index in [1.807, 2.05) is 26.2 Å². The Morgan fingerprint density at radius 3 is 2.14 bits per heavy atom. The highest BCUT2D eigenvalue weighted by molar-refractivity contribution is 5.88. The predicted molar refractivity (Wildman–Crippen MR) is 90.7 cm³/mol. The first-order valence-electron chi connectivity index (χ1n) is 7.02. The number of nitrogens with zero attached hydrogens (tertiary/aromatic N) is 1. The summed E-state index contributed by atoms with van der Waals surface area (Å²) in [5, 5.41) is 2.43. The van der Waals surface area contributed by atoms with E-state index < -0.39 is 0 Å². The van der Waals surface area contributed by atoms with Crippen molar-refractivity contribution in [2.24, 2.45) is 0 Å². The van der Waals surface area contributed by atoms with Crippen LogP contribution in [0.15, 0.2) is 66.7 Å². The van der Waals surface area contributed by atoms with Crippen molar-refractivity contribution in [2.45, 2.75) is 0 Å². The third-order valence-electron chi connectivity index (χ3n) is 3.51. The van der Waals surface area contributed by atoms with Crippen LogP contribution in [0, 0.1) is 11.8 Å². The zero-order valence-corrected chi connectivity index (χ0v) is 12.3. The minimum atomic E-state index is 1.05. The molecule has 0 aliphatic carbocycles. The Kier molecular flexibility index (Phi) is 3.62. The summed E-state index contributed by atoms with van der Waals surface area (Å²) >= 11 is 0. The van der Waals surface area contributed by atoms with E-state index in [2.05, 4.69) is 71.3 Å². The lowest BCUT2D eigenvalue weighted by molar-refractivity contribution is 1.13. The number of hydrogen-bond acceptors (Lipinski definition) is 1. The van der Waals surface area contributed by atoms with Crippen LogP contribution >= 0.6 is 0 Å². The molecule has 0 unspecified atom stereocenters. The van der Waals surface area contributed by atoms with Crippen molar-refractivity contribution < 1.29 is 0 Å². The molecule has 0 fully saturated rings. The number of benzene rings is 3. The molecule has 3 rings (SSSR count). The van der Waals surface area contributed by atoms with Gasteiger partial charge in [-0.2, -0.15) is 0 Å². The fourth-order valence-electron chi connectivity index (χ4n) is 2.44. The summed E-state index contributed by atoms with van der Waals surface area (Å²) in [5.74, 6) is 6.63. The molecule has 102 valence electrons. The Bertz CT molecular complexity index is 830. The lowest BCUT2D eigenvalue weighted by atomic mass is 10.0. The minimum absolute atomic E-state index is 1.05. The van der Waals surface area contributed by atoms with Crippen LogP contribution < -0.4 is 4.90 Å². The number of anilines is 1. The van der Waals surface area contributed by atoms with Crippen molar-refractivity contribution in [3.63, 3.8) is 0 Å². The largest absolute Gasteiger partial charge is 0.377 e. The molecule has 1 heteroatoms. The summed E-state index contributed by atoms with van der Waals surface area (Å²) in [4.78, 5) is 2.09. The lowest BCUT2D eigenvalue weighted by Crippen LogP contribution is -2.10. The van der Waals surface area contributed by atoms with Gasteiger partial charge in [-0.1, -0.05) is 60.4 Å². The van der Waals surface area contributed by atoms with Crippen LogP contribution in [0.25, 0.3) is 10.8 Å². The van der Waals surface area contributed by atoms with Crippen LogP contribution in [0.4, 0.5) is 5.69 Å². The smallest absolute Gasteiger partial charge is 0.0520 e. The summed E-state index contributed by atoms with van der Waals surface area (Å²) in [6.45, 7) is 0. The second kappa shape index (κ2) is 5.73. The van der Waals surface area contributed by atoms with Gasteiger partial charge in [0.1, 0.15) is 0 Å². The van der Waals surface area contributed by atoms with Gasteiger partial charge in [0, 0.05) is 25.2 Å². The van der Waals surface area contributed by atoms with Crippen LogP contribution in [-0.2, 0) is 0 Å². The van der Waals surface area contributed by atoms with E-state index in [1.54, 1.807) is 0 Å². The number of fused-ring (bicyclic) bond motifs is 1. The van der Waals surface area contributed by atoms with Gasteiger partial charge in [0.05, 0.1) is 5.69 Å². The molecule has 0 aromatic heterocycles. The van der Waals surface area contributed by atoms with E-state index in [0.717, 1.165) is 16.8 Å². The summed E-state index contributed by atoms with van der Waals surface area (Å²) in [6.07, 6.45) is 0. The topological polar surface area (TPSA) is 3.24 Å². The molecule has 0 saturated heterocycles. The molecular weight excluding hydrogens is 254 g/mol. The van der Waals surface area contributed by atoms with Gasteiger partial charge < -0.3 is 4.90 Å². The fraction of sp³-hybridized carbons (Fsp3) is 0.100. The normalized spacial score (nSPS) is 10.0. The average Bonchev–Trinajstić information content (AvgIpc) is 2.53. The first kappa shape index (κ1) is 13.3. The number of rotatable bonds is 1. The molecule has 0 saturated carbocycles. The molecule has 0 spiro atoms. The minimum Gasteiger partial charge on any atom is -0.377 e. The molecule has 0 amide bonds. The molecule has 3 aromatic carbocycles. The average molecular weight is 271 g/mol. The molecule has 1 nitrogen and oxygen atoms in total. The van der Waals surface area contributed by atoms with Crippen molar-refractivity contribution in [3.05, 3.63) is 77.9 Å². The molecule has 0 heterocycles. The van der Waals surface area contributed by atoms with Gasteiger partial charge in [-0.05, 0) is 29.0 Å². The fourth-order valence-corrected chi connectivity index (χ4v) is 2.44. The van der Waals surface area contributed by atoms with Crippen molar-refractivity contribution >= 4 is 16.5 Å². The molecule has 0 atom stereocenters. The Balaban J connectivity index is 2.09. The predicted octanol–water partition coefficient (Wildman–Crippen LogP) is 4.31. The van der Waals surface area contributed by atoms with Gasteiger partial charge in [-0.15, -0.1) is 0 Å². The van der Waals surface area contributed by atoms with E-state index in [9.17, 15) is 0 Å². The monoisotopic (exact) mass is 271 g/mol. The standard InChI is InChI=1S/C20H17N/c1-21(2)20-13-6-4-9-18(20)15-14-17-11-7-10-16-8-3-5-12-19(16)17/h3-13H,1-2H3. The first-order valence-corrected chi connectivity index (χ1v) is 7.02. The SMILES string of the molecule is CN(C)c1ccccc1C#Cc1cccc2ccccc12. The maximum atomic E-state index is 3.32. The molecule has 21 heavy (non-hydrogen) atoms. The van der Waals surface area contributed by atoms with Crippen molar-refractivity contribution in [1.29, 1.82) is 0 Å². The van der Waals surface area contributed by atoms with Crippen molar-refractivity contribution in [2.75, 3.05) is 19.0 Å². The molecule has 0 N–H and O–H groups in total. The van der Waals surface area contributed by atoms with Gasteiger partial charge in [0.2, 0.25) is 0 Å². The highest BCUT2D eigenvalue weighted by Crippen LogP contribution is 2.19. The molecule has 0 aliphatic rings. The van der Waals surface area contributed by atoms with Crippen LogP contribution in [0.1, 0.15) is 11.1 Å². The molecular formula is C20H17N. The van der Waals surface area contributed by atoms with E-state index >= 15 is 0 Å². The zero-order chi connectivity index (χ0) is 14.7.